The molecular weight excluding hydrogens is 268 g/mol. The number of rotatable bonds is 2. The summed E-state index contributed by atoms with van der Waals surface area (Å²) in [7, 11) is 0. The molecule has 0 amide bonds. The maximum Gasteiger partial charge on any atom is 0.336 e. The van der Waals surface area contributed by atoms with Crippen LogP contribution in [0, 0.1) is 0 Å². The van der Waals surface area contributed by atoms with Crippen LogP contribution < -0.4 is 0 Å². The zero-order valence-corrected chi connectivity index (χ0v) is 11.0. The van der Waals surface area contributed by atoms with E-state index in [1.54, 1.807) is 54.6 Å². The number of aromatic hydroxyl groups is 2. The monoisotopic (exact) mass is 280 g/mol. The molecule has 3 rings (SSSR count). The van der Waals surface area contributed by atoms with Gasteiger partial charge in [-0.3, -0.25) is 0 Å². The summed E-state index contributed by atoms with van der Waals surface area (Å²) >= 11 is 0. The molecule has 2 N–H and O–H groups in total. The summed E-state index contributed by atoms with van der Waals surface area (Å²) in [5.74, 6) is 0.344. The standard InChI is InChI=1S/C17H12O4/c18-13-5-1-11(2-6-13)17(15-9-10-16(20)21-15)12-3-7-14(19)8-4-12/h1-10,18-19H. The van der Waals surface area contributed by atoms with E-state index in [2.05, 4.69) is 0 Å². The highest BCUT2D eigenvalue weighted by atomic mass is 16.5. The average molecular weight is 280 g/mol. The highest BCUT2D eigenvalue weighted by Crippen LogP contribution is 2.31. The normalized spacial score (nSPS) is 13.3. The Balaban J connectivity index is 2.16. The lowest BCUT2D eigenvalue weighted by Gasteiger charge is -2.11. The third-order valence-electron chi connectivity index (χ3n) is 3.14. The predicted molar refractivity (Wildman–Crippen MR) is 77.5 cm³/mol. The molecule has 0 radical (unpaired) electrons. The van der Waals surface area contributed by atoms with E-state index >= 15 is 0 Å². The van der Waals surface area contributed by atoms with Gasteiger partial charge in [0.25, 0.3) is 0 Å². The summed E-state index contributed by atoms with van der Waals surface area (Å²) in [6.07, 6.45) is 2.97. The number of allylic oxidation sites excluding steroid dienone is 1. The second-order valence-corrected chi connectivity index (χ2v) is 4.59. The Hall–Kier alpha value is -3.01. The van der Waals surface area contributed by atoms with Crippen LogP contribution in [0.25, 0.3) is 5.57 Å². The number of carbonyl (C=O) groups excluding carboxylic acids is 1. The minimum atomic E-state index is -0.417. The minimum Gasteiger partial charge on any atom is -0.508 e. The average Bonchev–Trinajstić information content (AvgIpc) is 2.90. The molecule has 0 aromatic heterocycles. The number of phenols is 2. The first-order valence-electron chi connectivity index (χ1n) is 6.36. The van der Waals surface area contributed by atoms with Gasteiger partial charge in [0.15, 0.2) is 0 Å². The summed E-state index contributed by atoms with van der Waals surface area (Å²) in [4.78, 5) is 11.3. The van der Waals surface area contributed by atoms with Crippen LogP contribution in [0.3, 0.4) is 0 Å². The second kappa shape index (κ2) is 5.17. The van der Waals surface area contributed by atoms with E-state index in [1.807, 2.05) is 0 Å². The smallest absolute Gasteiger partial charge is 0.336 e. The Kier molecular flexibility index (Phi) is 3.20. The first kappa shape index (κ1) is 13.0. The van der Waals surface area contributed by atoms with E-state index < -0.39 is 5.97 Å². The van der Waals surface area contributed by atoms with Crippen molar-refractivity contribution in [2.75, 3.05) is 0 Å². The third-order valence-corrected chi connectivity index (χ3v) is 3.14. The maximum absolute atomic E-state index is 11.3. The first-order chi connectivity index (χ1) is 10.1. The van der Waals surface area contributed by atoms with Gasteiger partial charge in [0.05, 0.1) is 0 Å². The summed E-state index contributed by atoms with van der Waals surface area (Å²) in [6.45, 7) is 0. The van der Waals surface area contributed by atoms with Gasteiger partial charge in [-0.15, -0.1) is 0 Å². The van der Waals surface area contributed by atoms with Gasteiger partial charge in [-0.1, -0.05) is 24.3 Å². The van der Waals surface area contributed by atoms with Crippen molar-refractivity contribution in [1.82, 2.24) is 0 Å². The number of cyclic esters (lactones) is 1. The van der Waals surface area contributed by atoms with Crippen molar-refractivity contribution in [3.05, 3.63) is 77.6 Å². The van der Waals surface area contributed by atoms with E-state index in [0.717, 1.165) is 16.7 Å². The minimum absolute atomic E-state index is 0.160. The van der Waals surface area contributed by atoms with Crippen LogP contribution in [0.2, 0.25) is 0 Å². The third kappa shape index (κ3) is 2.65. The topological polar surface area (TPSA) is 66.8 Å². The van der Waals surface area contributed by atoms with E-state index in [1.165, 1.54) is 6.08 Å². The largest absolute Gasteiger partial charge is 0.508 e. The molecule has 0 spiro atoms. The number of ether oxygens (including phenoxy) is 1. The van der Waals surface area contributed by atoms with Gasteiger partial charge < -0.3 is 14.9 Å². The molecule has 0 unspecified atom stereocenters. The zero-order valence-electron chi connectivity index (χ0n) is 11.0. The SMILES string of the molecule is O=C1C=CC(=C(c2ccc(O)cc2)c2ccc(O)cc2)O1. The highest BCUT2D eigenvalue weighted by Gasteiger charge is 2.18. The molecule has 1 heterocycles. The Morgan fingerprint density at radius 1 is 0.762 bits per heavy atom. The quantitative estimate of drug-likeness (QED) is 0.830. The predicted octanol–water partition coefficient (Wildman–Crippen LogP) is 2.97. The molecule has 2 aromatic rings. The lowest BCUT2D eigenvalue weighted by Crippen LogP contribution is -1.97. The molecule has 2 aromatic carbocycles. The van der Waals surface area contributed by atoms with Gasteiger partial charge in [0, 0.05) is 11.6 Å². The van der Waals surface area contributed by atoms with Gasteiger partial charge in [-0.25, -0.2) is 4.79 Å². The fourth-order valence-corrected chi connectivity index (χ4v) is 2.16. The molecule has 1 aliphatic heterocycles. The molecule has 0 fully saturated rings. The number of benzene rings is 2. The second-order valence-electron chi connectivity index (χ2n) is 4.59. The number of phenolic OH excluding ortho intramolecular Hbond substituents is 2. The molecule has 0 bridgehead atoms. The summed E-state index contributed by atoms with van der Waals surface area (Å²) in [5.41, 5.74) is 2.32. The number of hydrogen-bond donors (Lipinski definition) is 2. The van der Waals surface area contributed by atoms with Crippen LogP contribution in [0.15, 0.2) is 66.4 Å². The molecule has 104 valence electrons. The zero-order chi connectivity index (χ0) is 14.8. The van der Waals surface area contributed by atoms with Gasteiger partial charge in [-0.2, -0.15) is 0 Å². The van der Waals surface area contributed by atoms with E-state index in [4.69, 9.17) is 4.74 Å². The Morgan fingerprint density at radius 2 is 1.24 bits per heavy atom. The van der Waals surface area contributed by atoms with Crippen LogP contribution in [0.1, 0.15) is 11.1 Å². The molecular formula is C17H12O4. The van der Waals surface area contributed by atoms with Crippen LogP contribution in [0.4, 0.5) is 0 Å². The first-order valence-corrected chi connectivity index (χ1v) is 6.36. The van der Waals surface area contributed by atoms with Crippen molar-refractivity contribution >= 4 is 11.5 Å². The molecule has 4 nitrogen and oxygen atoms in total. The Bertz CT molecular complexity index is 690. The number of hydrogen-bond acceptors (Lipinski definition) is 4. The molecule has 0 saturated heterocycles. The van der Waals surface area contributed by atoms with Gasteiger partial charge >= 0.3 is 5.97 Å². The number of carbonyl (C=O) groups is 1. The van der Waals surface area contributed by atoms with Gasteiger partial charge in [0.2, 0.25) is 0 Å². The Labute approximate surface area is 121 Å². The van der Waals surface area contributed by atoms with E-state index in [0.29, 0.717) is 5.76 Å². The van der Waals surface area contributed by atoms with Gasteiger partial charge in [0.1, 0.15) is 17.3 Å². The number of esters is 1. The molecule has 1 aliphatic rings. The fraction of sp³-hybridized carbons (Fsp3) is 0. The summed E-state index contributed by atoms with van der Waals surface area (Å²) < 4.78 is 5.20. The van der Waals surface area contributed by atoms with E-state index in [-0.39, 0.29) is 11.5 Å². The van der Waals surface area contributed by atoms with Crippen molar-refractivity contribution < 1.29 is 19.7 Å². The maximum atomic E-state index is 11.3. The van der Waals surface area contributed by atoms with Crippen molar-refractivity contribution in [1.29, 1.82) is 0 Å². The fourth-order valence-electron chi connectivity index (χ4n) is 2.16. The Morgan fingerprint density at radius 3 is 1.62 bits per heavy atom. The summed E-state index contributed by atoms with van der Waals surface area (Å²) in [5, 5.41) is 18.8. The molecule has 0 atom stereocenters. The van der Waals surface area contributed by atoms with Crippen molar-refractivity contribution in [2.45, 2.75) is 0 Å². The highest BCUT2D eigenvalue weighted by molar-refractivity contribution is 5.92. The molecule has 0 saturated carbocycles. The molecule has 0 aliphatic carbocycles. The molecule has 21 heavy (non-hydrogen) atoms. The van der Waals surface area contributed by atoms with Crippen LogP contribution >= 0.6 is 0 Å². The lowest BCUT2D eigenvalue weighted by molar-refractivity contribution is -0.132. The van der Waals surface area contributed by atoms with Crippen LogP contribution in [0.5, 0.6) is 11.5 Å². The van der Waals surface area contributed by atoms with E-state index in [9.17, 15) is 15.0 Å². The van der Waals surface area contributed by atoms with Crippen molar-refractivity contribution in [2.24, 2.45) is 0 Å². The van der Waals surface area contributed by atoms with Crippen LogP contribution in [-0.4, -0.2) is 16.2 Å². The lowest BCUT2D eigenvalue weighted by atomic mass is 9.96. The van der Waals surface area contributed by atoms with Gasteiger partial charge in [-0.05, 0) is 41.5 Å². The van der Waals surface area contributed by atoms with Crippen molar-refractivity contribution in [3.63, 3.8) is 0 Å². The molecule has 4 heteroatoms. The summed E-state index contributed by atoms with van der Waals surface area (Å²) in [6, 6.07) is 13.2. The van der Waals surface area contributed by atoms with Crippen LogP contribution in [-0.2, 0) is 9.53 Å². The van der Waals surface area contributed by atoms with Crippen molar-refractivity contribution in [3.8, 4) is 11.5 Å².